The van der Waals surface area contributed by atoms with E-state index in [1.807, 2.05) is 0 Å². The summed E-state index contributed by atoms with van der Waals surface area (Å²) < 4.78 is 5.18. The first-order valence-electron chi connectivity index (χ1n) is 43.2. The Labute approximate surface area is 714 Å². The first-order valence-corrected chi connectivity index (χ1v) is 43.2. The van der Waals surface area contributed by atoms with Gasteiger partial charge < -0.3 is 18.9 Å². The molecule has 0 unspecified atom stereocenters. The summed E-state index contributed by atoms with van der Waals surface area (Å²) >= 11 is 0. The van der Waals surface area contributed by atoms with E-state index in [1.54, 1.807) is 0 Å². The van der Waals surface area contributed by atoms with Crippen molar-refractivity contribution in [2.75, 3.05) is 9.80 Å². The van der Waals surface area contributed by atoms with E-state index in [0.29, 0.717) is 0 Å². The molecule has 0 radical (unpaired) electrons. The molecule has 0 saturated heterocycles. The van der Waals surface area contributed by atoms with Crippen LogP contribution in [0.25, 0.3) is 133 Å². The van der Waals surface area contributed by atoms with Crippen molar-refractivity contribution in [2.45, 2.75) is 131 Å². The predicted molar refractivity (Wildman–Crippen MR) is 521 cm³/mol. The lowest BCUT2D eigenvalue weighted by molar-refractivity contribution is 0.590. The van der Waals surface area contributed by atoms with Crippen molar-refractivity contribution < 1.29 is 0 Å². The van der Waals surface area contributed by atoms with Crippen LogP contribution in [0, 0.1) is 0 Å². The van der Waals surface area contributed by atoms with E-state index >= 15 is 0 Å². The van der Waals surface area contributed by atoms with Crippen LogP contribution in [-0.2, 0) is 27.1 Å². The maximum atomic E-state index is 2.64. The van der Waals surface area contributed by atoms with Crippen molar-refractivity contribution in [3.8, 4) is 89.3 Å². The van der Waals surface area contributed by atoms with Crippen LogP contribution in [0.1, 0.15) is 132 Å². The number of hydrogen-bond donors (Lipinski definition) is 0. The fraction of sp³-hybridized carbons (Fsp3) is 0.172. The molecule has 0 saturated carbocycles. The van der Waals surface area contributed by atoms with Gasteiger partial charge in [-0.15, -0.1) is 0 Å². The van der Waals surface area contributed by atoms with Crippen LogP contribution in [0.5, 0.6) is 0 Å². The SMILES string of the molecule is CC(C)(C)c1ccc(-c2cc3c4c(c2)N(c2ccc(-c5c(-c6ccccc6)cccc5-c5ccccc5)cc2)c2cc(-n5c6cc(C(C)(C)C)ccc6c6ccc(C(C)(C)C)cc65)ccc2B4c2ccc(-n4c5cc(C(C)(C)C)ccc5c5ccc(C(C)(C)C)cc54)cc2N3c2ccc(-c3c(-c4ccccc4)cccc3-c3ccccc3)cc2)cc1. The van der Waals surface area contributed by atoms with Gasteiger partial charge >= 0.3 is 0 Å². The van der Waals surface area contributed by atoms with E-state index in [9.17, 15) is 0 Å². The van der Waals surface area contributed by atoms with Crippen molar-refractivity contribution in [3.63, 3.8) is 0 Å². The molecular formula is C116H103BN4. The van der Waals surface area contributed by atoms with Crippen molar-refractivity contribution >= 4 is 101 Å². The zero-order chi connectivity index (χ0) is 83.3. The van der Waals surface area contributed by atoms with E-state index in [0.717, 1.165) is 67.8 Å². The topological polar surface area (TPSA) is 16.3 Å². The summed E-state index contributed by atoms with van der Waals surface area (Å²) in [6.45, 7) is 34.8. The average molecular weight is 1560 g/mol. The van der Waals surface area contributed by atoms with E-state index in [-0.39, 0.29) is 33.8 Å². The molecule has 121 heavy (non-hydrogen) atoms. The van der Waals surface area contributed by atoms with Gasteiger partial charge in [0.15, 0.2) is 0 Å². The summed E-state index contributed by atoms with van der Waals surface area (Å²) in [6.07, 6.45) is 0. The Morgan fingerprint density at radius 3 is 0.760 bits per heavy atom. The normalized spacial score (nSPS) is 13.0. The number of rotatable bonds is 11. The second-order valence-electron chi connectivity index (χ2n) is 39.0. The summed E-state index contributed by atoms with van der Waals surface area (Å²) in [4.78, 5) is 5.29. The van der Waals surface area contributed by atoms with E-state index in [1.165, 1.54) is 143 Å². The van der Waals surface area contributed by atoms with Gasteiger partial charge in [0.25, 0.3) is 6.71 Å². The monoisotopic (exact) mass is 1560 g/mol. The third-order valence-electron chi connectivity index (χ3n) is 25.9. The number of hydrogen-bond acceptors (Lipinski definition) is 2. The maximum Gasteiger partial charge on any atom is 0.252 e. The third-order valence-corrected chi connectivity index (χ3v) is 25.9. The summed E-state index contributed by atoms with van der Waals surface area (Å²) in [6, 6.07) is 135. The fourth-order valence-corrected chi connectivity index (χ4v) is 19.3. The lowest BCUT2D eigenvalue weighted by Crippen LogP contribution is -2.61. The van der Waals surface area contributed by atoms with Gasteiger partial charge in [-0.05, 0) is 234 Å². The van der Waals surface area contributed by atoms with Gasteiger partial charge in [0.2, 0.25) is 0 Å². The quantitative estimate of drug-likeness (QED) is 0.120. The fourth-order valence-electron chi connectivity index (χ4n) is 19.3. The number of anilines is 6. The van der Waals surface area contributed by atoms with Crippen molar-refractivity contribution in [3.05, 3.63) is 380 Å². The Morgan fingerprint density at radius 2 is 0.471 bits per heavy atom. The van der Waals surface area contributed by atoms with Crippen molar-refractivity contribution in [2.24, 2.45) is 0 Å². The van der Waals surface area contributed by atoms with Crippen molar-refractivity contribution in [1.82, 2.24) is 9.13 Å². The number of nitrogens with zero attached hydrogens (tertiary/aromatic N) is 4. The maximum absolute atomic E-state index is 2.64. The highest BCUT2D eigenvalue weighted by atomic mass is 15.2. The van der Waals surface area contributed by atoms with Crippen molar-refractivity contribution in [1.29, 1.82) is 0 Å². The summed E-state index contributed by atoms with van der Waals surface area (Å²) in [5.41, 5.74) is 39.8. The molecule has 18 aromatic rings. The Bertz CT molecular complexity index is 6440. The summed E-state index contributed by atoms with van der Waals surface area (Å²) in [5.74, 6) is 0. The minimum atomic E-state index is -0.241. The van der Waals surface area contributed by atoms with Gasteiger partial charge in [-0.2, -0.15) is 0 Å². The first-order chi connectivity index (χ1) is 58.2. The lowest BCUT2D eigenvalue weighted by atomic mass is 9.33. The molecule has 0 spiro atoms. The molecule has 20 rings (SSSR count). The Kier molecular flexibility index (Phi) is 18.2. The molecule has 0 bridgehead atoms. The van der Waals surface area contributed by atoms with Gasteiger partial charge in [-0.1, -0.05) is 371 Å². The van der Waals surface area contributed by atoms with Crippen LogP contribution in [0.3, 0.4) is 0 Å². The Morgan fingerprint density at radius 1 is 0.198 bits per heavy atom. The minimum Gasteiger partial charge on any atom is -0.311 e. The van der Waals surface area contributed by atoms with E-state index in [4.69, 9.17) is 0 Å². The Balaban J connectivity index is 0.897. The van der Waals surface area contributed by atoms with Crippen LogP contribution in [0.2, 0.25) is 0 Å². The molecule has 0 atom stereocenters. The van der Waals surface area contributed by atoms with Gasteiger partial charge in [-0.3, -0.25) is 0 Å². The first kappa shape index (κ1) is 76.5. The van der Waals surface area contributed by atoms with Gasteiger partial charge in [0.05, 0.1) is 22.1 Å². The van der Waals surface area contributed by atoms with E-state index < -0.39 is 0 Å². The minimum absolute atomic E-state index is 0.0622. The van der Waals surface area contributed by atoms with Crippen LogP contribution in [0.15, 0.2) is 352 Å². The molecule has 0 fully saturated rings. The lowest BCUT2D eigenvalue weighted by Gasteiger charge is -2.44. The van der Waals surface area contributed by atoms with Gasteiger partial charge in [0.1, 0.15) is 0 Å². The summed E-state index contributed by atoms with van der Waals surface area (Å²) in [7, 11) is 0. The average Bonchev–Trinajstić information content (AvgIpc) is 1.04. The predicted octanol–water partition coefficient (Wildman–Crippen LogP) is 30.1. The van der Waals surface area contributed by atoms with Gasteiger partial charge in [0, 0.05) is 67.0 Å². The zero-order valence-electron chi connectivity index (χ0n) is 72.4. The third kappa shape index (κ3) is 13.3. The van der Waals surface area contributed by atoms with Crippen LogP contribution in [-0.4, -0.2) is 15.8 Å². The van der Waals surface area contributed by atoms with Gasteiger partial charge in [-0.25, -0.2) is 0 Å². The van der Waals surface area contributed by atoms with Crippen LogP contribution >= 0.6 is 0 Å². The second kappa shape index (κ2) is 28.8. The zero-order valence-corrected chi connectivity index (χ0v) is 72.4. The molecular weight excluding hydrogens is 1460 g/mol. The number of benzene rings is 16. The van der Waals surface area contributed by atoms with Crippen LogP contribution in [0.4, 0.5) is 34.1 Å². The molecule has 4 heterocycles. The number of fused-ring (bicyclic) bond motifs is 10. The highest BCUT2D eigenvalue weighted by molar-refractivity contribution is 7.00. The largest absolute Gasteiger partial charge is 0.311 e. The molecule has 5 heteroatoms. The molecule has 0 N–H and O–H groups in total. The smallest absolute Gasteiger partial charge is 0.252 e. The molecule has 2 aromatic heterocycles. The molecule has 4 nitrogen and oxygen atoms in total. The molecule has 0 amide bonds. The Hall–Kier alpha value is -13.2. The second-order valence-corrected chi connectivity index (χ2v) is 39.0. The molecule has 590 valence electrons. The van der Waals surface area contributed by atoms with E-state index in [2.05, 4.69) is 475 Å². The molecule has 2 aliphatic heterocycles. The highest BCUT2D eigenvalue weighted by Crippen LogP contribution is 2.52. The molecule has 2 aliphatic rings. The molecule has 0 aliphatic carbocycles. The number of aromatic nitrogens is 2. The summed E-state index contributed by atoms with van der Waals surface area (Å²) in [5, 5.41) is 4.97. The molecule has 16 aromatic carbocycles. The van der Waals surface area contributed by atoms with Crippen LogP contribution < -0.4 is 26.2 Å². The highest BCUT2D eigenvalue weighted by Gasteiger charge is 2.45. The standard InChI is InChI=1S/C116H103BN4/c1-112(2,3)82-48-42-74(43-49-82)81-66-107-111-108(67-81)119(88-56-46-80(47-57-88)110-93(77-34-24-18-25-35-77)40-29-41-94(110)78-36-26-19-27-37-78)106-73-90(121-103-70-85(115(10,11)12)52-62-97(103)98-63-53-86(71-104(98)121)116(13,14)15)59-65-100(106)117(111)99-64-58-89(120-101-68-83(113(4,5)6)50-60-95(101)96-61-51-84(69-102(96)120)114(7,8)9)72-105(99)118(107)87-54-44-79(45-55-87)109-91(75-30-20-16-21-31-75)38-28-39-92(109)76-32-22-17-23-33-76/h16-73H,1-15H3.